The van der Waals surface area contributed by atoms with Crippen LogP contribution in [0.25, 0.3) is 17.4 Å². The highest BCUT2D eigenvalue weighted by Crippen LogP contribution is 2.19. The summed E-state index contributed by atoms with van der Waals surface area (Å²) >= 11 is 0. The van der Waals surface area contributed by atoms with Crippen LogP contribution in [0.3, 0.4) is 0 Å². The Morgan fingerprint density at radius 3 is 2.65 bits per heavy atom. The Labute approximate surface area is 179 Å². The van der Waals surface area contributed by atoms with Crippen molar-refractivity contribution in [3.63, 3.8) is 0 Å². The molecule has 0 aliphatic heterocycles. The lowest BCUT2D eigenvalue weighted by Crippen LogP contribution is -2.16. The monoisotopic (exact) mass is 414 g/mol. The average molecular weight is 414 g/mol. The maximum atomic E-state index is 12.3. The first-order valence-corrected chi connectivity index (χ1v) is 9.88. The molecule has 0 amide bonds. The molecule has 0 N–H and O–H groups in total. The SMILES string of the molecule is Cc1ccc2nc(COC(=O)/C=C/c3c(C)nn(-c4ccccc4)c3C)cc(=O)n2c1. The third-order valence-electron chi connectivity index (χ3n) is 4.96. The first-order valence-electron chi connectivity index (χ1n) is 9.88. The summed E-state index contributed by atoms with van der Waals surface area (Å²) in [5.41, 5.74) is 5.21. The molecule has 4 aromatic rings. The first-order chi connectivity index (χ1) is 14.9. The molecule has 0 unspecified atom stereocenters. The number of rotatable bonds is 5. The molecule has 0 radical (unpaired) electrons. The zero-order valence-corrected chi connectivity index (χ0v) is 17.6. The van der Waals surface area contributed by atoms with Crippen molar-refractivity contribution in [3.05, 3.63) is 99.4 Å². The summed E-state index contributed by atoms with van der Waals surface area (Å²) in [5, 5.41) is 4.56. The first kappa shape index (κ1) is 20.3. The predicted octanol–water partition coefficient (Wildman–Crippen LogP) is 3.56. The summed E-state index contributed by atoms with van der Waals surface area (Å²) in [5.74, 6) is -0.517. The molecule has 1 aromatic carbocycles. The lowest BCUT2D eigenvalue weighted by atomic mass is 10.2. The van der Waals surface area contributed by atoms with E-state index in [1.54, 1.807) is 18.3 Å². The fourth-order valence-corrected chi connectivity index (χ4v) is 3.39. The fraction of sp³-hybridized carbons (Fsp3) is 0.167. The van der Waals surface area contributed by atoms with Crippen LogP contribution >= 0.6 is 0 Å². The minimum absolute atomic E-state index is 0.0793. The van der Waals surface area contributed by atoms with E-state index in [1.807, 2.05) is 61.9 Å². The van der Waals surface area contributed by atoms with Gasteiger partial charge in [-0.25, -0.2) is 14.5 Å². The van der Waals surface area contributed by atoms with E-state index in [1.165, 1.54) is 16.5 Å². The summed E-state index contributed by atoms with van der Waals surface area (Å²) < 4.78 is 8.60. The smallest absolute Gasteiger partial charge is 0.331 e. The number of hydrogen-bond acceptors (Lipinski definition) is 5. The fourth-order valence-electron chi connectivity index (χ4n) is 3.39. The summed E-state index contributed by atoms with van der Waals surface area (Å²) in [6.07, 6.45) is 4.79. The summed E-state index contributed by atoms with van der Waals surface area (Å²) in [7, 11) is 0. The van der Waals surface area contributed by atoms with E-state index in [0.29, 0.717) is 11.3 Å². The number of carbonyl (C=O) groups excluding carboxylic acids is 1. The molecule has 3 aromatic heterocycles. The molecular weight excluding hydrogens is 392 g/mol. The van der Waals surface area contributed by atoms with Crippen LogP contribution < -0.4 is 5.56 Å². The lowest BCUT2D eigenvalue weighted by Gasteiger charge is -2.05. The average Bonchev–Trinajstić information content (AvgIpc) is 3.05. The van der Waals surface area contributed by atoms with Gasteiger partial charge in [-0.1, -0.05) is 24.3 Å². The van der Waals surface area contributed by atoms with Crippen LogP contribution in [0.2, 0.25) is 0 Å². The Bertz CT molecular complexity index is 1350. The lowest BCUT2D eigenvalue weighted by molar-refractivity contribution is -0.139. The van der Waals surface area contributed by atoms with Crippen molar-refractivity contribution in [2.45, 2.75) is 27.4 Å². The summed E-state index contributed by atoms with van der Waals surface area (Å²) in [6.45, 7) is 5.67. The van der Waals surface area contributed by atoms with Gasteiger partial charge in [-0.15, -0.1) is 0 Å². The van der Waals surface area contributed by atoms with Gasteiger partial charge in [-0.3, -0.25) is 9.20 Å². The number of benzene rings is 1. The number of carbonyl (C=O) groups is 1. The van der Waals surface area contributed by atoms with Crippen molar-refractivity contribution >= 4 is 17.7 Å². The van der Waals surface area contributed by atoms with Crippen LogP contribution in [0.4, 0.5) is 0 Å². The third kappa shape index (κ3) is 4.30. The number of para-hydroxylation sites is 1. The van der Waals surface area contributed by atoms with Crippen LogP contribution in [0.5, 0.6) is 0 Å². The van der Waals surface area contributed by atoms with Gasteiger partial charge in [0.1, 0.15) is 12.3 Å². The van der Waals surface area contributed by atoms with Gasteiger partial charge in [-0.05, 0) is 50.6 Å². The Balaban J connectivity index is 1.47. The van der Waals surface area contributed by atoms with Gasteiger partial charge >= 0.3 is 5.97 Å². The van der Waals surface area contributed by atoms with Crippen LogP contribution in [-0.2, 0) is 16.1 Å². The number of hydrogen-bond donors (Lipinski definition) is 0. The van der Waals surface area contributed by atoms with Gasteiger partial charge in [-0.2, -0.15) is 5.10 Å². The third-order valence-corrected chi connectivity index (χ3v) is 4.96. The van der Waals surface area contributed by atoms with Crippen LogP contribution in [0.1, 0.15) is 28.2 Å². The molecule has 7 nitrogen and oxygen atoms in total. The Morgan fingerprint density at radius 2 is 1.87 bits per heavy atom. The Morgan fingerprint density at radius 1 is 1.10 bits per heavy atom. The number of nitrogens with zero attached hydrogens (tertiary/aromatic N) is 4. The maximum absolute atomic E-state index is 12.3. The van der Waals surface area contributed by atoms with E-state index >= 15 is 0 Å². The molecule has 0 saturated heterocycles. The number of aryl methyl sites for hydroxylation is 2. The topological polar surface area (TPSA) is 78.5 Å². The van der Waals surface area contributed by atoms with E-state index in [2.05, 4.69) is 10.1 Å². The highest BCUT2D eigenvalue weighted by Gasteiger charge is 2.11. The second-order valence-electron chi connectivity index (χ2n) is 7.29. The molecule has 0 aliphatic rings. The quantitative estimate of drug-likeness (QED) is 0.369. The molecule has 0 saturated carbocycles. The van der Waals surface area contributed by atoms with E-state index < -0.39 is 5.97 Å². The minimum atomic E-state index is -0.517. The number of pyridine rings is 1. The zero-order valence-electron chi connectivity index (χ0n) is 17.6. The van der Waals surface area contributed by atoms with Crippen LogP contribution in [0.15, 0.2) is 65.6 Å². The molecular formula is C24H22N4O3. The number of fused-ring (bicyclic) bond motifs is 1. The van der Waals surface area contributed by atoms with Crippen molar-refractivity contribution in [2.24, 2.45) is 0 Å². The van der Waals surface area contributed by atoms with Crippen molar-refractivity contribution in [3.8, 4) is 5.69 Å². The molecule has 7 heteroatoms. The summed E-state index contributed by atoms with van der Waals surface area (Å²) in [4.78, 5) is 28.9. The molecule has 4 rings (SSSR count). The highest BCUT2D eigenvalue weighted by atomic mass is 16.5. The Kier molecular flexibility index (Phi) is 5.49. The molecule has 0 fully saturated rings. The second kappa shape index (κ2) is 8.39. The standard InChI is InChI=1S/C24H22N4O3/c1-16-9-11-22-25-19(13-23(29)27(22)14-16)15-31-24(30)12-10-21-17(2)26-28(18(21)3)20-7-5-4-6-8-20/h4-14H,15H2,1-3H3/b12-10+. The van der Waals surface area contributed by atoms with Gasteiger partial charge in [0.25, 0.3) is 5.56 Å². The van der Waals surface area contributed by atoms with E-state index in [9.17, 15) is 9.59 Å². The van der Waals surface area contributed by atoms with Crippen molar-refractivity contribution in [2.75, 3.05) is 0 Å². The molecule has 3 heterocycles. The Hall–Kier alpha value is -4.00. The summed E-state index contributed by atoms with van der Waals surface area (Å²) in [6, 6.07) is 14.8. The van der Waals surface area contributed by atoms with E-state index in [4.69, 9.17) is 4.74 Å². The normalized spacial score (nSPS) is 11.3. The van der Waals surface area contributed by atoms with Crippen LogP contribution in [0, 0.1) is 20.8 Å². The molecule has 0 spiro atoms. The highest BCUT2D eigenvalue weighted by molar-refractivity contribution is 5.87. The van der Waals surface area contributed by atoms with Gasteiger partial charge in [0.2, 0.25) is 0 Å². The van der Waals surface area contributed by atoms with Gasteiger partial charge < -0.3 is 4.74 Å². The largest absolute Gasteiger partial charge is 0.456 e. The molecule has 0 bridgehead atoms. The van der Waals surface area contributed by atoms with E-state index in [0.717, 1.165) is 28.2 Å². The predicted molar refractivity (Wildman–Crippen MR) is 118 cm³/mol. The molecule has 0 atom stereocenters. The van der Waals surface area contributed by atoms with Crippen molar-refractivity contribution in [1.82, 2.24) is 19.2 Å². The zero-order chi connectivity index (χ0) is 22.0. The number of esters is 1. The van der Waals surface area contributed by atoms with E-state index in [-0.39, 0.29) is 12.2 Å². The van der Waals surface area contributed by atoms with Crippen molar-refractivity contribution < 1.29 is 9.53 Å². The van der Waals surface area contributed by atoms with Gasteiger partial charge in [0.05, 0.1) is 17.1 Å². The van der Waals surface area contributed by atoms with Crippen molar-refractivity contribution in [1.29, 1.82) is 0 Å². The number of aromatic nitrogens is 4. The second-order valence-corrected chi connectivity index (χ2v) is 7.29. The van der Waals surface area contributed by atoms with Gasteiger partial charge in [0, 0.05) is 29.6 Å². The van der Waals surface area contributed by atoms with Crippen LogP contribution in [-0.4, -0.2) is 25.1 Å². The van der Waals surface area contributed by atoms with Gasteiger partial charge in [0.15, 0.2) is 0 Å². The molecule has 0 aliphatic carbocycles. The molecule has 31 heavy (non-hydrogen) atoms. The molecule has 156 valence electrons. The number of ether oxygens (including phenoxy) is 1. The minimum Gasteiger partial charge on any atom is -0.456 e. The maximum Gasteiger partial charge on any atom is 0.331 e.